The molecule has 1 aliphatic heterocycles. The highest BCUT2D eigenvalue weighted by Gasteiger charge is 2.31. The Labute approximate surface area is 150 Å². The van der Waals surface area contributed by atoms with Crippen LogP contribution in [0.4, 0.5) is 4.79 Å². The summed E-state index contributed by atoms with van der Waals surface area (Å²) < 4.78 is 5.28. The molecule has 1 aromatic rings. The molecule has 1 heterocycles. The first-order chi connectivity index (χ1) is 12.1. The molecule has 2 fully saturated rings. The van der Waals surface area contributed by atoms with Gasteiger partial charge in [0.1, 0.15) is 0 Å². The highest BCUT2D eigenvalue weighted by atomic mass is 16.5. The highest BCUT2D eigenvalue weighted by Crippen LogP contribution is 2.29. The minimum Gasteiger partial charge on any atom is -0.388 e. The first kappa shape index (κ1) is 18.2. The Bertz CT molecular complexity index is 537. The molecule has 2 aliphatic rings. The van der Waals surface area contributed by atoms with Crippen molar-refractivity contribution in [2.24, 2.45) is 5.92 Å². The zero-order valence-electron chi connectivity index (χ0n) is 14.9. The quantitative estimate of drug-likeness (QED) is 0.741. The molecule has 0 radical (unpaired) electrons. The average molecular weight is 346 g/mol. The molecular formula is C20H30N2O3. The first-order valence-corrected chi connectivity index (χ1v) is 9.53. The van der Waals surface area contributed by atoms with Gasteiger partial charge in [0.15, 0.2) is 0 Å². The van der Waals surface area contributed by atoms with Crippen molar-refractivity contribution in [3.05, 3.63) is 35.9 Å². The summed E-state index contributed by atoms with van der Waals surface area (Å²) in [4.78, 5) is 12.4. The summed E-state index contributed by atoms with van der Waals surface area (Å²) in [5.74, 6) is 0.539. The minimum absolute atomic E-state index is 0.147. The van der Waals surface area contributed by atoms with E-state index in [-0.39, 0.29) is 18.6 Å². The maximum atomic E-state index is 12.4. The molecule has 1 aromatic carbocycles. The Morgan fingerprint density at radius 3 is 2.56 bits per heavy atom. The summed E-state index contributed by atoms with van der Waals surface area (Å²) in [6, 6.07) is 10.3. The van der Waals surface area contributed by atoms with Crippen LogP contribution in [0, 0.1) is 5.92 Å². The summed E-state index contributed by atoms with van der Waals surface area (Å²) in [5, 5.41) is 16.5. The van der Waals surface area contributed by atoms with Crippen molar-refractivity contribution < 1.29 is 14.6 Å². The number of amides is 2. The van der Waals surface area contributed by atoms with Crippen molar-refractivity contribution in [2.45, 2.75) is 56.6 Å². The molecule has 5 nitrogen and oxygen atoms in total. The molecule has 0 bridgehead atoms. The fourth-order valence-corrected chi connectivity index (χ4v) is 3.96. The third-order valence-electron chi connectivity index (χ3n) is 5.59. The van der Waals surface area contributed by atoms with Gasteiger partial charge < -0.3 is 20.5 Å². The van der Waals surface area contributed by atoms with Gasteiger partial charge in [0.05, 0.1) is 5.60 Å². The summed E-state index contributed by atoms with van der Waals surface area (Å²) in [7, 11) is 0. The van der Waals surface area contributed by atoms with E-state index in [1.54, 1.807) is 0 Å². The van der Waals surface area contributed by atoms with E-state index in [1.165, 1.54) is 31.2 Å². The summed E-state index contributed by atoms with van der Waals surface area (Å²) in [6.07, 6.45) is 6.86. The molecule has 2 amide bonds. The fraction of sp³-hybridized carbons (Fsp3) is 0.650. The van der Waals surface area contributed by atoms with Crippen LogP contribution in [-0.4, -0.2) is 42.5 Å². The van der Waals surface area contributed by atoms with Crippen molar-refractivity contribution in [1.82, 2.24) is 10.6 Å². The predicted octanol–water partition coefficient (Wildman–Crippen LogP) is 2.63. The second kappa shape index (κ2) is 8.68. The van der Waals surface area contributed by atoms with Crippen LogP contribution in [0.3, 0.4) is 0 Å². The zero-order chi connectivity index (χ0) is 17.5. The van der Waals surface area contributed by atoms with Gasteiger partial charge in [0, 0.05) is 38.6 Å². The number of nitrogens with one attached hydrogen (secondary N) is 2. The number of hydrogen-bond donors (Lipinski definition) is 3. The number of ether oxygens (including phenoxy) is 1. The Morgan fingerprint density at radius 1 is 1.20 bits per heavy atom. The molecule has 25 heavy (non-hydrogen) atoms. The molecular weight excluding hydrogens is 316 g/mol. The second-order valence-corrected chi connectivity index (χ2v) is 7.50. The number of urea groups is 1. The molecule has 1 atom stereocenters. The van der Waals surface area contributed by atoms with Crippen molar-refractivity contribution in [2.75, 3.05) is 19.8 Å². The monoisotopic (exact) mass is 346 g/mol. The summed E-state index contributed by atoms with van der Waals surface area (Å²) >= 11 is 0. The predicted molar refractivity (Wildman–Crippen MR) is 97.4 cm³/mol. The van der Waals surface area contributed by atoms with Crippen LogP contribution in [0.25, 0.3) is 0 Å². The van der Waals surface area contributed by atoms with Crippen LogP contribution < -0.4 is 10.6 Å². The van der Waals surface area contributed by atoms with Gasteiger partial charge in [-0.15, -0.1) is 0 Å². The molecule has 138 valence electrons. The van der Waals surface area contributed by atoms with Gasteiger partial charge in [-0.2, -0.15) is 0 Å². The zero-order valence-corrected chi connectivity index (χ0v) is 14.9. The normalized spacial score (nSPS) is 21.6. The van der Waals surface area contributed by atoms with Crippen LogP contribution in [0.15, 0.2) is 30.3 Å². The largest absolute Gasteiger partial charge is 0.388 e. The van der Waals surface area contributed by atoms with Gasteiger partial charge in [-0.3, -0.25) is 0 Å². The summed E-state index contributed by atoms with van der Waals surface area (Å²) in [6.45, 7) is 1.39. The fourth-order valence-electron chi connectivity index (χ4n) is 3.96. The maximum absolute atomic E-state index is 12.4. The lowest BCUT2D eigenvalue weighted by Gasteiger charge is -2.32. The third kappa shape index (κ3) is 5.44. The number of carbonyl (C=O) groups excluding carboxylic acids is 1. The lowest BCUT2D eigenvalue weighted by molar-refractivity contribution is -0.0600. The molecule has 3 N–H and O–H groups in total. The Balaban J connectivity index is 1.54. The van der Waals surface area contributed by atoms with Crippen molar-refractivity contribution >= 4 is 6.03 Å². The number of hydrogen-bond acceptors (Lipinski definition) is 3. The van der Waals surface area contributed by atoms with Crippen LogP contribution in [0.2, 0.25) is 0 Å². The van der Waals surface area contributed by atoms with E-state index in [0.717, 1.165) is 6.42 Å². The van der Waals surface area contributed by atoms with Crippen LogP contribution in [-0.2, 0) is 11.2 Å². The molecule has 5 heteroatoms. The van der Waals surface area contributed by atoms with E-state index < -0.39 is 5.60 Å². The van der Waals surface area contributed by atoms with Gasteiger partial charge in [-0.25, -0.2) is 4.79 Å². The van der Waals surface area contributed by atoms with E-state index in [0.29, 0.717) is 32.0 Å². The van der Waals surface area contributed by atoms with Gasteiger partial charge in [-0.1, -0.05) is 43.2 Å². The number of rotatable bonds is 6. The molecule has 1 unspecified atom stereocenters. The van der Waals surface area contributed by atoms with E-state index in [2.05, 4.69) is 22.8 Å². The van der Waals surface area contributed by atoms with Crippen molar-refractivity contribution in [1.29, 1.82) is 0 Å². The number of carbonyl (C=O) groups is 1. The smallest absolute Gasteiger partial charge is 0.315 e. The molecule has 0 spiro atoms. The topological polar surface area (TPSA) is 70.6 Å². The van der Waals surface area contributed by atoms with Crippen LogP contribution in [0.5, 0.6) is 0 Å². The van der Waals surface area contributed by atoms with Crippen LogP contribution >= 0.6 is 0 Å². The van der Waals surface area contributed by atoms with Crippen molar-refractivity contribution in [3.8, 4) is 0 Å². The van der Waals surface area contributed by atoms with E-state index in [4.69, 9.17) is 4.74 Å². The standard InChI is InChI=1S/C20H30N2O3/c23-19(21-15-20(24)10-12-25-13-11-20)22-18(17-8-4-5-9-17)14-16-6-2-1-3-7-16/h1-3,6-7,17-18,24H,4-5,8-15H2,(H2,21,22,23). The third-order valence-corrected chi connectivity index (χ3v) is 5.59. The molecule has 3 rings (SSSR count). The highest BCUT2D eigenvalue weighted by molar-refractivity contribution is 5.74. The van der Waals surface area contributed by atoms with E-state index >= 15 is 0 Å². The van der Waals surface area contributed by atoms with E-state index in [9.17, 15) is 9.90 Å². The van der Waals surface area contributed by atoms with Gasteiger partial charge >= 0.3 is 6.03 Å². The van der Waals surface area contributed by atoms with Crippen molar-refractivity contribution in [3.63, 3.8) is 0 Å². The lowest BCUT2D eigenvalue weighted by atomic mass is 9.92. The van der Waals surface area contributed by atoms with Gasteiger partial charge in [0.25, 0.3) is 0 Å². The average Bonchev–Trinajstić information content (AvgIpc) is 3.16. The Hall–Kier alpha value is -1.59. The van der Waals surface area contributed by atoms with Gasteiger partial charge in [-0.05, 0) is 30.7 Å². The maximum Gasteiger partial charge on any atom is 0.315 e. The Kier molecular flexibility index (Phi) is 6.32. The summed E-state index contributed by atoms with van der Waals surface area (Å²) in [5.41, 5.74) is 0.417. The van der Waals surface area contributed by atoms with Gasteiger partial charge in [0.2, 0.25) is 0 Å². The molecule has 1 saturated heterocycles. The second-order valence-electron chi connectivity index (χ2n) is 7.50. The first-order valence-electron chi connectivity index (χ1n) is 9.53. The molecule has 1 saturated carbocycles. The molecule has 1 aliphatic carbocycles. The lowest BCUT2D eigenvalue weighted by Crippen LogP contribution is -2.52. The number of aliphatic hydroxyl groups is 1. The minimum atomic E-state index is -0.835. The molecule has 0 aromatic heterocycles. The van der Waals surface area contributed by atoms with Crippen LogP contribution in [0.1, 0.15) is 44.1 Å². The Morgan fingerprint density at radius 2 is 1.88 bits per heavy atom. The number of benzene rings is 1. The SMILES string of the molecule is O=C(NCC1(O)CCOCC1)NC(Cc1ccccc1)C1CCCC1. The van der Waals surface area contributed by atoms with E-state index in [1.807, 2.05) is 18.2 Å².